The van der Waals surface area contributed by atoms with Crippen LogP contribution in [-0.2, 0) is 11.2 Å². The van der Waals surface area contributed by atoms with Gasteiger partial charge in [-0.2, -0.15) is 0 Å². The molecule has 5 nitrogen and oxygen atoms in total. The molecule has 0 unspecified atom stereocenters. The first-order valence-corrected chi connectivity index (χ1v) is 7.21. The number of anilines is 2. The van der Waals surface area contributed by atoms with E-state index in [-0.39, 0.29) is 0 Å². The zero-order valence-corrected chi connectivity index (χ0v) is 12.4. The highest BCUT2D eigenvalue weighted by Gasteiger charge is 1.98. The van der Waals surface area contributed by atoms with Gasteiger partial charge in [0.05, 0.1) is 6.61 Å². The van der Waals surface area contributed by atoms with Gasteiger partial charge in [-0.1, -0.05) is 30.3 Å². The summed E-state index contributed by atoms with van der Waals surface area (Å²) >= 11 is 0. The third-order valence-electron chi connectivity index (χ3n) is 3.07. The summed E-state index contributed by atoms with van der Waals surface area (Å²) in [7, 11) is 1.68. The summed E-state index contributed by atoms with van der Waals surface area (Å²) in [5, 5.41) is 6.51. The van der Waals surface area contributed by atoms with Crippen molar-refractivity contribution in [2.45, 2.75) is 12.8 Å². The van der Waals surface area contributed by atoms with Gasteiger partial charge in [0.2, 0.25) is 0 Å². The molecule has 0 spiro atoms. The standard InChI is InChI=1S/C16H22N4O/c1-21-11-10-18-16-12-15(19-13-20-16)17-9-5-8-14-6-3-2-4-7-14/h2-4,6-7,12-13H,5,8-11H2,1H3,(H2,17,18,19,20). The molecule has 0 saturated carbocycles. The van der Waals surface area contributed by atoms with Crippen molar-refractivity contribution >= 4 is 11.6 Å². The summed E-state index contributed by atoms with van der Waals surface area (Å²) in [6, 6.07) is 12.4. The molecule has 0 atom stereocenters. The molecule has 2 rings (SSSR count). The highest BCUT2D eigenvalue weighted by molar-refractivity contribution is 5.46. The first kappa shape index (κ1) is 15.3. The molecule has 0 bridgehead atoms. The van der Waals surface area contributed by atoms with Crippen molar-refractivity contribution in [1.29, 1.82) is 0 Å². The Morgan fingerprint density at radius 1 is 1.00 bits per heavy atom. The predicted octanol–water partition coefficient (Wildman–Crippen LogP) is 2.58. The molecule has 21 heavy (non-hydrogen) atoms. The first-order valence-electron chi connectivity index (χ1n) is 7.21. The van der Waals surface area contributed by atoms with Gasteiger partial charge in [0.15, 0.2) is 0 Å². The highest BCUT2D eigenvalue weighted by atomic mass is 16.5. The number of ether oxygens (including phenoxy) is 1. The fourth-order valence-corrected chi connectivity index (χ4v) is 1.99. The maximum absolute atomic E-state index is 4.99. The number of hydrogen-bond acceptors (Lipinski definition) is 5. The van der Waals surface area contributed by atoms with Crippen LogP contribution < -0.4 is 10.6 Å². The van der Waals surface area contributed by atoms with Gasteiger partial charge in [-0.3, -0.25) is 0 Å². The Balaban J connectivity index is 1.71. The van der Waals surface area contributed by atoms with E-state index in [9.17, 15) is 0 Å². The number of nitrogens with one attached hydrogen (secondary N) is 2. The lowest BCUT2D eigenvalue weighted by Crippen LogP contribution is -2.10. The third kappa shape index (κ3) is 5.79. The van der Waals surface area contributed by atoms with Crippen LogP contribution in [0.1, 0.15) is 12.0 Å². The molecule has 1 aromatic carbocycles. The quantitative estimate of drug-likeness (QED) is 0.694. The first-order chi connectivity index (χ1) is 10.4. The Bertz CT molecular complexity index is 519. The van der Waals surface area contributed by atoms with Crippen LogP contribution in [0.15, 0.2) is 42.7 Å². The van der Waals surface area contributed by atoms with Crippen molar-refractivity contribution < 1.29 is 4.74 Å². The molecule has 1 heterocycles. The summed E-state index contributed by atoms with van der Waals surface area (Å²) in [5.41, 5.74) is 1.36. The number of hydrogen-bond donors (Lipinski definition) is 2. The van der Waals surface area contributed by atoms with Gasteiger partial charge in [-0.25, -0.2) is 9.97 Å². The van der Waals surface area contributed by atoms with Crippen LogP contribution in [0.25, 0.3) is 0 Å². The van der Waals surface area contributed by atoms with E-state index in [4.69, 9.17) is 4.74 Å². The molecular weight excluding hydrogens is 264 g/mol. The zero-order valence-electron chi connectivity index (χ0n) is 12.4. The number of rotatable bonds is 9. The lowest BCUT2D eigenvalue weighted by molar-refractivity contribution is 0.210. The lowest BCUT2D eigenvalue weighted by Gasteiger charge is -2.08. The summed E-state index contributed by atoms with van der Waals surface area (Å²) < 4.78 is 4.99. The average molecular weight is 286 g/mol. The van der Waals surface area contributed by atoms with Crippen LogP contribution in [0, 0.1) is 0 Å². The summed E-state index contributed by atoms with van der Waals surface area (Å²) in [5.74, 6) is 1.66. The van der Waals surface area contributed by atoms with Crippen molar-refractivity contribution in [1.82, 2.24) is 9.97 Å². The van der Waals surface area contributed by atoms with Crippen molar-refractivity contribution in [3.8, 4) is 0 Å². The number of benzene rings is 1. The van der Waals surface area contributed by atoms with E-state index in [1.807, 2.05) is 12.1 Å². The van der Waals surface area contributed by atoms with Crippen LogP contribution in [0.3, 0.4) is 0 Å². The molecule has 112 valence electrons. The molecule has 0 radical (unpaired) electrons. The Morgan fingerprint density at radius 2 is 1.71 bits per heavy atom. The van der Waals surface area contributed by atoms with Crippen molar-refractivity contribution in [2.24, 2.45) is 0 Å². The van der Waals surface area contributed by atoms with Crippen molar-refractivity contribution in [3.05, 3.63) is 48.3 Å². The van der Waals surface area contributed by atoms with E-state index in [1.54, 1.807) is 13.4 Å². The molecule has 0 saturated heterocycles. The van der Waals surface area contributed by atoms with Gasteiger partial charge in [-0.15, -0.1) is 0 Å². The molecule has 0 fully saturated rings. The fourth-order valence-electron chi connectivity index (χ4n) is 1.99. The molecule has 0 aliphatic heterocycles. The second-order valence-electron chi connectivity index (χ2n) is 4.72. The fraction of sp³-hybridized carbons (Fsp3) is 0.375. The van der Waals surface area contributed by atoms with Crippen LogP contribution in [-0.4, -0.2) is 36.8 Å². The minimum atomic E-state index is 0.657. The molecule has 0 aliphatic rings. The highest BCUT2D eigenvalue weighted by Crippen LogP contribution is 2.09. The van der Waals surface area contributed by atoms with E-state index >= 15 is 0 Å². The Kier molecular flexibility index (Phi) is 6.48. The molecule has 2 aromatic rings. The average Bonchev–Trinajstić information content (AvgIpc) is 2.53. The topological polar surface area (TPSA) is 59.1 Å². The molecule has 5 heteroatoms. The normalized spacial score (nSPS) is 10.3. The summed E-state index contributed by atoms with van der Waals surface area (Å²) in [4.78, 5) is 8.39. The lowest BCUT2D eigenvalue weighted by atomic mass is 10.1. The minimum absolute atomic E-state index is 0.657. The van der Waals surface area contributed by atoms with Crippen LogP contribution in [0.2, 0.25) is 0 Å². The van der Waals surface area contributed by atoms with Gasteiger partial charge in [0, 0.05) is 26.3 Å². The van der Waals surface area contributed by atoms with Crippen molar-refractivity contribution in [2.75, 3.05) is 37.4 Å². The van der Waals surface area contributed by atoms with Crippen LogP contribution >= 0.6 is 0 Å². The largest absolute Gasteiger partial charge is 0.383 e. The van der Waals surface area contributed by atoms with Gasteiger partial charge in [0.1, 0.15) is 18.0 Å². The van der Waals surface area contributed by atoms with E-state index < -0.39 is 0 Å². The molecule has 0 aliphatic carbocycles. The molecule has 1 aromatic heterocycles. The number of methoxy groups -OCH3 is 1. The third-order valence-corrected chi connectivity index (χ3v) is 3.07. The SMILES string of the molecule is COCCNc1cc(NCCCc2ccccc2)ncn1. The van der Waals surface area contributed by atoms with Gasteiger partial charge >= 0.3 is 0 Å². The van der Waals surface area contributed by atoms with E-state index in [0.29, 0.717) is 6.61 Å². The zero-order chi connectivity index (χ0) is 14.8. The van der Waals surface area contributed by atoms with E-state index in [2.05, 4.69) is 44.9 Å². The minimum Gasteiger partial charge on any atom is -0.383 e. The number of aryl methyl sites for hydroxylation is 1. The molecule has 0 amide bonds. The van der Waals surface area contributed by atoms with E-state index in [1.165, 1.54) is 5.56 Å². The van der Waals surface area contributed by atoms with Crippen LogP contribution in [0.5, 0.6) is 0 Å². The Labute approximate surface area is 125 Å². The van der Waals surface area contributed by atoms with Gasteiger partial charge in [-0.05, 0) is 18.4 Å². The molecular formula is C16H22N4O. The maximum Gasteiger partial charge on any atom is 0.131 e. The van der Waals surface area contributed by atoms with E-state index in [0.717, 1.165) is 37.6 Å². The number of aromatic nitrogens is 2. The summed E-state index contributed by atoms with van der Waals surface area (Å²) in [6.07, 6.45) is 3.70. The van der Waals surface area contributed by atoms with Gasteiger partial charge < -0.3 is 15.4 Å². The molecule has 2 N–H and O–H groups in total. The number of nitrogens with zero attached hydrogens (tertiary/aromatic N) is 2. The van der Waals surface area contributed by atoms with Crippen LogP contribution in [0.4, 0.5) is 11.6 Å². The monoisotopic (exact) mass is 286 g/mol. The Hall–Kier alpha value is -2.14. The second-order valence-corrected chi connectivity index (χ2v) is 4.72. The maximum atomic E-state index is 4.99. The van der Waals surface area contributed by atoms with Crippen molar-refractivity contribution in [3.63, 3.8) is 0 Å². The second kappa shape index (κ2) is 8.92. The smallest absolute Gasteiger partial charge is 0.131 e. The predicted molar refractivity (Wildman–Crippen MR) is 85.7 cm³/mol. The summed E-state index contributed by atoms with van der Waals surface area (Å²) in [6.45, 7) is 2.29. The Morgan fingerprint density at radius 3 is 2.43 bits per heavy atom. The van der Waals surface area contributed by atoms with Gasteiger partial charge in [0.25, 0.3) is 0 Å².